The first-order chi connectivity index (χ1) is 6.39. The van der Waals surface area contributed by atoms with Crippen LogP contribution in [0.2, 0.25) is 0 Å². The van der Waals surface area contributed by atoms with Crippen molar-refractivity contribution in [1.82, 2.24) is 9.80 Å². The molecule has 79 valence electrons. The second kappa shape index (κ2) is 5.53. The molecule has 0 aromatic rings. The highest BCUT2D eigenvalue weighted by Gasteiger charge is 2.24. The third-order valence-corrected chi connectivity index (χ3v) is 1.53. The lowest BCUT2D eigenvalue weighted by Crippen LogP contribution is -2.09. The second-order valence-electron chi connectivity index (χ2n) is 2.17. The Hall–Kier alpha value is -1.18. The molecule has 0 fully saturated rings. The fourth-order valence-electron chi connectivity index (χ4n) is 0.522. The van der Waals surface area contributed by atoms with Crippen LogP contribution in [-0.4, -0.2) is 36.9 Å². The highest BCUT2D eigenvalue weighted by molar-refractivity contribution is 7.80. The highest BCUT2D eigenvalue weighted by Crippen LogP contribution is 2.06. The van der Waals surface area contributed by atoms with Gasteiger partial charge >= 0.3 is 6.67 Å². The third kappa shape index (κ3) is 6.35. The molecule has 7 heteroatoms. The van der Waals surface area contributed by atoms with E-state index in [-0.39, 0.29) is 0 Å². The van der Waals surface area contributed by atoms with Crippen LogP contribution in [0.25, 0.3) is 0 Å². The van der Waals surface area contributed by atoms with Crippen LogP contribution in [0.15, 0.2) is 25.2 Å². The third-order valence-electron chi connectivity index (χ3n) is 1.12. The molecular weight excluding hydrogens is 208 g/mol. The first-order valence-electron chi connectivity index (χ1n) is 3.49. The standard InChI is InChI=1S/C6H8N2.CH4O4S/c1-3-8-5-4-7(2)6-8;1-5-6(2,3)4/h3-5H,1H2,2H3;1H3,(H,2,3,4)/q+1;/p-1. The Bertz CT molecular complexity index is 299. The monoisotopic (exact) mass is 219 g/mol. The number of hydrogen-bond acceptors (Lipinski definition) is 6. The molecule has 0 saturated heterocycles. The molecule has 0 unspecified atom stereocenters. The zero-order valence-electron chi connectivity index (χ0n) is 7.87. The molecule has 0 atom stereocenters. The predicted octanol–water partition coefficient (Wildman–Crippen LogP) is -0.0622. The molecule has 1 rings (SSSR count). The number of nitrogens with zero attached hydrogens (tertiary/aromatic N) is 2. The summed E-state index contributed by atoms with van der Waals surface area (Å²) in [7, 11) is -1.69. The van der Waals surface area contributed by atoms with E-state index >= 15 is 0 Å². The summed E-state index contributed by atoms with van der Waals surface area (Å²) in [5, 5.41) is 0. The van der Waals surface area contributed by atoms with Crippen LogP contribution in [0.5, 0.6) is 0 Å². The van der Waals surface area contributed by atoms with E-state index in [1.54, 1.807) is 11.1 Å². The summed E-state index contributed by atoms with van der Waals surface area (Å²) in [6.07, 6.45) is 5.48. The first kappa shape index (κ1) is 12.8. The second-order valence-corrected chi connectivity index (χ2v) is 3.32. The Morgan fingerprint density at radius 3 is 2.21 bits per heavy atom. The minimum atomic E-state index is -4.41. The van der Waals surface area contributed by atoms with Gasteiger partial charge in [0.15, 0.2) is 0 Å². The van der Waals surface area contributed by atoms with Crippen molar-refractivity contribution in [2.45, 2.75) is 0 Å². The van der Waals surface area contributed by atoms with Crippen molar-refractivity contribution in [2.75, 3.05) is 14.2 Å². The van der Waals surface area contributed by atoms with Crippen molar-refractivity contribution >= 4 is 10.4 Å². The van der Waals surface area contributed by atoms with Crippen LogP contribution in [0.1, 0.15) is 0 Å². The van der Waals surface area contributed by atoms with Crippen molar-refractivity contribution in [3.8, 4) is 0 Å². The molecule has 0 aromatic carbocycles. The van der Waals surface area contributed by atoms with Crippen molar-refractivity contribution in [3.63, 3.8) is 0 Å². The Labute approximate surface area is 84.0 Å². The molecule has 0 amide bonds. The molecule has 0 aromatic heterocycles. The molecule has 6 nitrogen and oxygen atoms in total. The van der Waals surface area contributed by atoms with Gasteiger partial charge in [0.2, 0.25) is 10.4 Å². The molecule has 0 N–H and O–H groups in total. The van der Waals surface area contributed by atoms with Crippen molar-refractivity contribution in [3.05, 3.63) is 31.8 Å². The molecule has 1 heterocycles. The van der Waals surface area contributed by atoms with E-state index in [1.807, 2.05) is 24.3 Å². The SMILES string of the molecule is C=CN1[C+]N(C)C=C1.COS(=O)(=O)[O-]. The van der Waals surface area contributed by atoms with Gasteiger partial charge in [-0.3, -0.25) is 4.18 Å². The van der Waals surface area contributed by atoms with E-state index in [9.17, 15) is 13.0 Å². The molecule has 14 heavy (non-hydrogen) atoms. The van der Waals surface area contributed by atoms with Gasteiger partial charge in [0.1, 0.15) is 0 Å². The minimum absolute atomic E-state index is 0.808. The minimum Gasteiger partial charge on any atom is -0.726 e. The van der Waals surface area contributed by atoms with Crippen LogP contribution in [0.3, 0.4) is 0 Å². The van der Waals surface area contributed by atoms with Gasteiger partial charge in [-0.05, 0) is 0 Å². The van der Waals surface area contributed by atoms with Gasteiger partial charge in [0.25, 0.3) is 0 Å². The zero-order chi connectivity index (χ0) is 11.2. The smallest absolute Gasteiger partial charge is 0.568 e. The lowest BCUT2D eigenvalue weighted by atomic mass is 10.8. The summed E-state index contributed by atoms with van der Waals surface area (Å²) < 4.78 is 31.0. The lowest BCUT2D eigenvalue weighted by molar-refractivity contribution is 0.314. The molecule has 0 spiro atoms. The van der Waals surface area contributed by atoms with Crippen molar-refractivity contribution < 1.29 is 17.2 Å². The van der Waals surface area contributed by atoms with Gasteiger partial charge in [-0.2, -0.15) is 0 Å². The maximum atomic E-state index is 9.22. The quantitative estimate of drug-likeness (QED) is 0.368. The molecule has 1 aliphatic rings. The molecule has 0 saturated carbocycles. The Morgan fingerprint density at radius 2 is 2.07 bits per heavy atom. The van der Waals surface area contributed by atoms with Crippen LogP contribution in [0.4, 0.5) is 0 Å². The Kier molecular flexibility index (Phi) is 5.06. The average Bonchev–Trinajstić information content (AvgIpc) is 2.51. The largest absolute Gasteiger partial charge is 0.726 e. The zero-order valence-corrected chi connectivity index (χ0v) is 8.69. The van der Waals surface area contributed by atoms with Gasteiger partial charge in [-0.1, -0.05) is 6.58 Å². The fourth-order valence-corrected chi connectivity index (χ4v) is 0.522. The van der Waals surface area contributed by atoms with Gasteiger partial charge in [-0.25, -0.2) is 8.42 Å². The molecule has 1 aliphatic heterocycles. The van der Waals surface area contributed by atoms with Gasteiger partial charge in [0, 0.05) is 6.20 Å². The Morgan fingerprint density at radius 1 is 1.57 bits per heavy atom. The molecule has 0 bridgehead atoms. The van der Waals surface area contributed by atoms with Gasteiger partial charge in [-0.15, -0.1) is 9.80 Å². The summed E-state index contributed by atoms with van der Waals surface area (Å²) in [4.78, 5) is 3.60. The lowest BCUT2D eigenvalue weighted by Gasteiger charge is -1.98. The topological polar surface area (TPSA) is 72.9 Å². The van der Waals surface area contributed by atoms with Crippen LogP contribution >= 0.6 is 0 Å². The van der Waals surface area contributed by atoms with Gasteiger partial charge in [0.05, 0.1) is 26.6 Å². The van der Waals surface area contributed by atoms with Crippen molar-refractivity contribution in [2.24, 2.45) is 0 Å². The predicted molar refractivity (Wildman–Crippen MR) is 48.9 cm³/mol. The maximum absolute atomic E-state index is 9.22. The van der Waals surface area contributed by atoms with E-state index in [1.165, 1.54) is 0 Å². The van der Waals surface area contributed by atoms with Crippen LogP contribution in [-0.2, 0) is 14.6 Å². The highest BCUT2D eigenvalue weighted by atomic mass is 32.3. The van der Waals surface area contributed by atoms with E-state index in [4.69, 9.17) is 0 Å². The summed E-state index contributed by atoms with van der Waals surface area (Å²) in [6.45, 7) is 6.50. The first-order valence-corrected chi connectivity index (χ1v) is 4.82. The normalized spacial score (nSPS) is 14.5. The average molecular weight is 219 g/mol. The summed E-state index contributed by atoms with van der Waals surface area (Å²) in [5.41, 5.74) is 0. The number of rotatable bonds is 2. The van der Waals surface area contributed by atoms with Gasteiger partial charge < -0.3 is 4.55 Å². The van der Waals surface area contributed by atoms with E-state index < -0.39 is 10.4 Å². The molecular formula is C7H11N2O4S. The summed E-state index contributed by atoms with van der Waals surface area (Å²) in [5.74, 6) is 0. The Balaban J connectivity index is 0.000000255. The van der Waals surface area contributed by atoms with E-state index in [0.29, 0.717) is 0 Å². The van der Waals surface area contributed by atoms with Crippen LogP contribution < -0.4 is 0 Å². The van der Waals surface area contributed by atoms with E-state index in [0.717, 1.165) is 7.11 Å². The van der Waals surface area contributed by atoms with Crippen molar-refractivity contribution in [1.29, 1.82) is 0 Å². The van der Waals surface area contributed by atoms with Crippen LogP contribution in [0, 0.1) is 6.67 Å². The summed E-state index contributed by atoms with van der Waals surface area (Å²) in [6, 6.07) is 0. The number of hydrogen-bond donors (Lipinski definition) is 0. The summed E-state index contributed by atoms with van der Waals surface area (Å²) >= 11 is 0. The maximum Gasteiger partial charge on any atom is 0.568 e. The van der Waals surface area contributed by atoms with E-state index in [2.05, 4.69) is 17.4 Å². The fraction of sp³-hybridized carbons (Fsp3) is 0.286. The molecule has 1 radical (unpaired) electrons. The molecule has 0 aliphatic carbocycles.